The number of amides is 1. The molecule has 1 amide bonds. The smallest absolute Gasteiger partial charge is 0.326 e. The second kappa shape index (κ2) is 9.40. The maximum absolute atomic E-state index is 13.0. The molecule has 0 saturated carbocycles. The second-order valence-corrected chi connectivity index (χ2v) is 9.76. The molecule has 12 heteroatoms. The molecular formula is C20H19N3O7S2. The Kier molecular flexibility index (Phi) is 6.84. The van der Waals surface area contributed by atoms with Gasteiger partial charge < -0.3 is 9.30 Å². The number of non-ortho nitro benzene ring substituents is 1. The summed E-state index contributed by atoms with van der Waals surface area (Å²) in [5, 5.41) is 11.1. The summed E-state index contributed by atoms with van der Waals surface area (Å²) in [5.74, 6) is -1.57. The SMILES string of the molecule is CCOC(=O)Cn1c(=NC(=O)c2ccccc2S(=O)(=O)CC)sc2cc([N+](=O)[O-])ccc21. The van der Waals surface area contributed by atoms with Crippen molar-refractivity contribution >= 4 is 49.0 Å². The molecule has 0 aliphatic carbocycles. The lowest BCUT2D eigenvalue weighted by atomic mass is 10.2. The molecule has 3 rings (SSSR count). The van der Waals surface area contributed by atoms with Crippen LogP contribution in [0.25, 0.3) is 10.2 Å². The highest BCUT2D eigenvalue weighted by molar-refractivity contribution is 7.91. The third kappa shape index (κ3) is 4.75. The maximum atomic E-state index is 13.0. The van der Waals surface area contributed by atoms with Crippen molar-refractivity contribution in [1.29, 1.82) is 0 Å². The van der Waals surface area contributed by atoms with Crippen LogP contribution in [-0.2, 0) is 25.9 Å². The van der Waals surface area contributed by atoms with E-state index in [-0.39, 0.29) is 39.9 Å². The number of sulfone groups is 1. The lowest BCUT2D eigenvalue weighted by Crippen LogP contribution is -2.23. The minimum atomic E-state index is -3.68. The van der Waals surface area contributed by atoms with Gasteiger partial charge in [-0.3, -0.25) is 19.7 Å². The number of carbonyl (C=O) groups is 2. The van der Waals surface area contributed by atoms with E-state index in [1.54, 1.807) is 6.92 Å². The van der Waals surface area contributed by atoms with E-state index in [0.717, 1.165) is 11.3 Å². The topological polar surface area (TPSA) is 138 Å². The molecule has 0 aliphatic rings. The van der Waals surface area contributed by atoms with E-state index in [0.29, 0.717) is 10.2 Å². The van der Waals surface area contributed by atoms with Gasteiger partial charge in [-0.1, -0.05) is 30.4 Å². The number of nitro benzene ring substituents is 1. The molecule has 0 radical (unpaired) electrons. The Hall–Kier alpha value is -3.38. The monoisotopic (exact) mass is 477 g/mol. The third-order valence-corrected chi connectivity index (χ3v) is 7.33. The molecule has 1 heterocycles. The van der Waals surface area contributed by atoms with E-state index in [1.165, 1.54) is 54.0 Å². The Bertz CT molecular complexity index is 1390. The normalized spacial score (nSPS) is 12.1. The first-order valence-electron chi connectivity index (χ1n) is 9.52. The first kappa shape index (κ1) is 23.3. The molecular weight excluding hydrogens is 458 g/mol. The lowest BCUT2D eigenvalue weighted by Gasteiger charge is -2.07. The van der Waals surface area contributed by atoms with Gasteiger partial charge in [0.25, 0.3) is 11.6 Å². The van der Waals surface area contributed by atoms with Gasteiger partial charge >= 0.3 is 5.97 Å². The average Bonchev–Trinajstić information content (AvgIpc) is 3.09. The molecule has 0 atom stereocenters. The molecule has 0 unspecified atom stereocenters. The first-order valence-corrected chi connectivity index (χ1v) is 12.0. The van der Waals surface area contributed by atoms with E-state index in [4.69, 9.17) is 4.74 Å². The fourth-order valence-electron chi connectivity index (χ4n) is 2.97. The molecule has 0 saturated heterocycles. The van der Waals surface area contributed by atoms with Crippen LogP contribution in [0.3, 0.4) is 0 Å². The Labute approximate surface area is 186 Å². The zero-order valence-electron chi connectivity index (χ0n) is 17.2. The number of ether oxygens (including phenoxy) is 1. The van der Waals surface area contributed by atoms with Gasteiger partial charge in [-0.2, -0.15) is 4.99 Å². The zero-order chi connectivity index (χ0) is 23.5. The van der Waals surface area contributed by atoms with Crippen molar-refractivity contribution in [2.75, 3.05) is 12.4 Å². The first-order chi connectivity index (χ1) is 15.2. The third-order valence-electron chi connectivity index (χ3n) is 4.50. The van der Waals surface area contributed by atoms with Crippen LogP contribution in [0.2, 0.25) is 0 Å². The summed E-state index contributed by atoms with van der Waals surface area (Å²) in [7, 11) is -3.68. The molecule has 10 nitrogen and oxygen atoms in total. The van der Waals surface area contributed by atoms with Crippen molar-refractivity contribution in [2.24, 2.45) is 4.99 Å². The van der Waals surface area contributed by atoms with Crippen LogP contribution in [0.4, 0.5) is 5.69 Å². The zero-order valence-corrected chi connectivity index (χ0v) is 18.8. The van der Waals surface area contributed by atoms with Crippen molar-refractivity contribution < 1.29 is 27.7 Å². The number of fused-ring (bicyclic) bond motifs is 1. The van der Waals surface area contributed by atoms with Crippen LogP contribution in [0.5, 0.6) is 0 Å². The summed E-state index contributed by atoms with van der Waals surface area (Å²) in [5.41, 5.74) is 0.203. The number of thiazole rings is 1. The molecule has 0 N–H and O–H groups in total. The molecule has 0 aliphatic heterocycles. The number of nitro groups is 1. The summed E-state index contributed by atoms with van der Waals surface area (Å²) >= 11 is 0.971. The van der Waals surface area contributed by atoms with Gasteiger partial charge in [0.05, 0.1) is 38.0 Å². The molecule has 0 fully saturated rings. The summed E-state index contributed by atoms with van der Waals surface area (Å²) in [6, 6.07) is 9.80. The number of hydrogen-bond donors (Lipinski definition) is 0. The molecule has 1 aromatic heterocycles. The number of rotatable bonds is 7. The van der Waals surface area contributed by atoms with Crippen molar-refractivity contribution in [2.45, 2.75) is 25.3 Å². The Morgan fingerprint density at radius 1 is 1.19 bits per heavy atom. The van der Waals surface area contributed by atoms with E-state index in [2.05, 4.69) is 4.99 Å². The van der Waals surface area contributed by atoms with Gasteiger partial charge in [0, 0.05) is 12.1 Å². The minimum absolute atomic E-state index is 0.0854. The standard InChI is InChI=1S/C20H19N3O7S2/c1-3-30-18(24)12-22-15-10-9-13(23(26)27)11-16(15)31-20(22)21-19(25)14-7-5-6-8-17(14)32(28,29)4-2/h5-11H,3-4,12H2,1-2H3. The minimum Gasteiger partial charge on any atom is -0.465 e. The highest BCUT2D eigenvalue weighted by Crippen LogP contribution is 2.24. The van der Waals surface area contributed by atoms with Crippen LogP contribution in [-0.4, -0.2) is 42.1 Å². The average molecular weight is 478 g/mol. The van der Waals surface area contributed by atoms with E-state index in [9.17, 15) is 28.1 Å². The van der Waals surface area contributed by atoms with E-state index >= 15 is 0 Å². The molecule has 2 aromatic carbocycles. The molecule has 0 bridgehead atoms. The Morgan fingerprint density at radius 2 is 1.91 bits per heavy atom. The number of carbonyl (C=O) groups excluding carboxylic acids is 2. The molecule has 32 heavy (non-hydrogen) atoms. The van der Waals surface area contributed by atoms with Crippen LogP contribution in [0, 0.1) is 10.1 Å². The van der Waals surface area contributed by atoms with Crippen LogP contribution < -0.4 is 4.80 Å². The quantitative estimate of drug-likeness (QED) is 0.290. The highest BCUT2D eigenvalue weighted by Gasteiger charge is 2.21. The van der Waals surface area contributed by atoms with E-state index < -0.39 is 26.6 Å². The summed E-state index contributed by atoms with van der Waals surface area (Å²) in [4.78, 5) is 39.6. The predicted octanol–water partition coefficient (Wildman–Crippen LogP) is 2.71. The second-order valence-electron chi connectivity index (χ2n) is 6.50. The number of benzene rings is 2. The molecule has 168 valence electrons. The van der Waals surface area contributed by atoms with Crippen molar-refractivity contribution in [3.8, 4) is 0 Å². The predicted molar refractivity (Wildman–Crippen MR) is 117 cm³/mol. The Balaban J connectivity index is 2.20. The van der Waals surface area contributed by atoms with Gasteiger partial charge in [0.15, 0.2) is 14.6 Å². The summed E-state index contributed by atoms with van der Waals surface area (Å²) in [6.07, 6.45) is 0. The van der Waals surface area contributed by atoms with Crippen LogP contribution in [0.1, 0.15) is 24.2 Å². The van der Waals surface area contributed by atoms with Gasteiger partial charge in [0.1, 0.15) is 6.54 Å². The largest absolute Gasteiger partial charge is 0.465 e. The lowest BCUT2D eigenvalue weighted by molar-refractivity contribution is -0.384. The fourth-order valence-corrected chi connectivity index (χ4v) is 5.11. The van der Waals surface area contributed by atoms with Crippen molar-refractivity contribution in [1.82, 2.24) is 4.57 Å². The van der Waals surface area contributed by atoms with Gasteiger partial charge in [-0.15, -0.1) is 0 Å². The van der Waals surface area contributed by atoms with Crippen molar-refractivity contribution in [3.05, 3.63) is 62.9 Å². The van der Waals surface area contributed by atoms with Crippen LogP contribution >= 0.6 is 11.3 Å². The van der Waals surface area contributed by atoms with Gasteiger partial charge in [-0.25, -0.2) is 8.42 Å². The summed E-state index contributed by atoms with van der Waals surface area (Å²) < 4.78 is 31.6. The Morgan fingerprint density at radius 3 is 2.56 bits per heavy atom. The molecule has 0 spiro atoms. The van der Waals surface area contributed by atoms with Crippen molar-refractivity contribution in [3.63, 3.8) is 0 Å². The van der Waals surface area contributed by atoms with Gasteiger partial charge in [-0.05, 0) is 25.1 Å². The number of aromatic nitrogens is 1. The fraction of sp³-hybridized carbons (Fsp3) is 0.250. The number of hydrogen-bond acceptors (Lipinski definition) is 8. The highest BCUT2D eigenvalue weighted by atomic mass is 32.2. The number of esters is 1. The molecule has 3 aromatic rings. The number of nitrogens with zero attached hydrogens (tertiary/aromatic N) is 3. The maximum Gasteiger partial charge on any atom is 0.326 e. The van der Waals surface area contributed by atoms with E-state index in [1.807, 2.05) is 0 Å². The summed E-state index contributed by atoms with van der Waals surface area (Å²) in [6.45, 7) is 3.00. The van der Waals surface area contributed by atoms with Crippen LogP contribution in [0.15, 0.2) is 52.4 Å². The van der Waals surface area contributed by atoms with Gasteiger partial charge in [0.2, 0.25) is 0 Å².